The minimum Gasteiger partial charge on any atom is -0.462 e. The van der Waals surface area contributed by atoms with E-state index >= 15 is 0 Å². The number of esters is 2. The monoisotopic (exact) mass is 489 g/mol. The number of nitrogens with two attached hydrogens (primary N) is 1. The van der Waals surface area contributed by atoms with Gasteiger partial charge in [-0.3, -0.25) is 14.6 Å². The van der Waals surface area contributed by atoms with Crippen LogP contribution in [0, 0.1) is 11.6 Å². The third-order valence-electron chi connectivity index (χ3n) is 4.03. The Morgan fingerprint density at radius 2 is 1.86 bits per heavy atom. The molecule has 3 N–H and O–H groups in total. The quantitative estimate of drug-likeness (QED) is 0.308. The number of allylic oxidation sites excluding steroid dienone is 1. The molecule has 0 spiro atoms. The Bertz CT molecular complexity index is 1160. The maximum atomic E-state index is 14.4. The van der Waals surface area contributed by atoms with Crippen LogP contribution >= 0.6 is 0 Å². The van der Waals surface area contributed by atoms with Gasteiger partial charge in [-0.1, -0.05) is 6.07 Å². The van der Waals surface area contributed by atoms with E-state index < -0.39 is 46.3 Å². The minimum absolute atomic E-state index is 0.0306. The van der Waals surface area contributed by atoms with Crippen LogP contribution in [-0.4, -0.2) is 53.2 Å². The van der Waals surface area contributed by atoms with Crippen molar-refractivity contribution in [2.45, 2.75) is 33.3 Å². The molecule has 2 rings (SSSR count). The van der Waals surface area contributed by atoms with Crippen molar-refractivity contribution in [2.24, 2.45) is 10.7 Å². The van der Waals surface area contributed by atoms with Crippen LogP contribution in [0.15, 0.2) is 35.1 Å². The smallest absolute Gasteiger partial charge is 0.344 e. The van der Waals surface area contributed by atoms with Crippen LogP contribution in [0.4, 0.5) is 14.6 Å². The highest BCUT2D eigenvalue weighted by atomic mass is 19.1. The van der Waals surface area contributed by atoms with Gasteiger partial charge in [0.15, 0.2) is 12.1 Å². The highest BCUT2D eigenvalue weighted by Gasteiger charge is 2.25. The summed E-state index contributed by atoms with van der Waals surface area (Å²) in [5.74, 6) is -4.34. The third kappa shape index (κ3) is 7.39. The van der Waals surface area contributed by atoms with E-state index in [9.17, 15) is 23.2 Å². The standard InChI is InChI=1S/C23H25F2N5O5/c1-5-34-22(33)19-16(12-31)29-20(18-14(24)7-6-8-15(18)25)30-21(19)28-13(9-26)10-27-11-17(32)35-23(2,3)4/h6-10,12H,5,11,26H2,1-4H3,(H,28,29,30). The number of halogens is 2. The SMILES string of the molecule is CCOC(=O)c1c(C=O)nc(-c2c(F)cccc2F)nc1NC(C=NCC(=O)OC(C)(C)C)=CN. The van der Waals surface area contributed by atoms with Crippen molar-refractivity contribution >= 4 is 30.3 Å². The minimum atomic E-state index is -0.981. The summed E-state index contributed by atoms with van der Waals surface area (Å²) < 4.78 is 38.8. The average Bonchev–Trinajstić information content (AvgIpc) is 2.76. The number of nitrogens with one attached hydrogen (secondary N) is 1. The molecule has 1 heterocycles. The third-order valence-corrected chi connectivity index (χ3v) is 4.03. The Morgan fingerprint density at radius 3 is 2.40 bits per heavy atom. The molecule has 0 aliphatic heterocycles. The molecule has 0 saturated heterocycles. The number of carbonyl (C=O) groups excluding carboxylic acids is 3. The molecule has 1 aromatic carbocycles. The number of anilines is 1. The number of hydrogen-bond acceptors (Lipinski definition) is 10. The van der Waals surface area contributed by atoms with Crippen LogP contribution in [0.2, 0.25) is 0 Å². The first-order valence-corrected chi connectivity index (χ1v) is 10.4. The second kappa shape index (κ2) is 11.8. The first kappa shape index (κ1) is 27.0. The second-order valence-corrected chi connectivity index (χ2v) is 7.89. The number of benzene rings is 1. The zero-order valence-electron chi connectivity index (χ0n) is 19.6. The number of ether oxygens (including phenoxy) is 2. The van der Waals surface area contributed by atoms with E-state index in [1.165, 1.54) is 0 Å². The van der Waals surface area contributed by atoms with E-state index in [2.05, 4.69) is 20.3 Å². The van der Waals surface area contributed by atoms with E-state index in [0.29, 0.717) is 0 Å². The molecule has 35 heavy (non-hydrogen) atoms. The summed E-state index contributed by atoms with van der Waals surface area (Å²) in [6.07, 6.45) is 2.42. The van der Waals surface area contributed by atoms with Gasteiger partial charge in [0.2, 0.25) is 0 Å². The largest absolute Gasteiger partial charge is 0.462 e. The fourth-order valence-corrected chi connectivity index (χ4v) is 2.73. The lowest BCUT2D eigenvalue weighted by molar-refractivity contribution is -0.152. The Kier molecular flexibility index (Phi) is 9.09. The molecular formula is C23H25F2N5O5. The first-order valence-electron chi connectivity index (χ1n) is 10.4. The maximum Gasteiger partial charge on any atom is 0.344 e. The fraction of sp³-hybridized carbons (Fsp3) is 0.304. The number of aldehydes is 1. The van der Waals surface area contributed by atoms with Gasteiger partial charge in [0.05, 0.1) is 17.9 Å². The van der Waals surface area contributed by atoms with Gasteiger partial charge in [-0.2, -0.15) is 0 Å². The van der Waals surface area contributed by atoms with Crippen LogP contribution in [0.5, 0.6) is 0 Å². The fourth-order valence-electron chi connectivity index (χ4n) is 2.73. The number of hydrogen-bond donors (Lipinski definition) is 2. The van der Waals surface area contributed by atoms with E-state index in [1.54, 1.807) is 27.7 Å². The summed E-state index contributed by atoms with van der Waals surface area (Å²) in [6.45, 7) is 6.29. The Balaban J connectivity index is 2.51. The lowest BCUT2D eigenvalue weighted by Gasteiger charge is -2.18. The van der Waals surface area contributed by atoms with Gasteiger partial charge in [0.1, 0.15) is 40.9 Å². The van der Waals surface area contributed by atoms with E-state index in [0.717, 1.165) is 30.6 Å². The molecule has 186 valence electrons. The topological polar surface area (TPSA) is 146 Å². The van der Waals surface area contributed by atoms with Crippen molar-refractivity contribution in [3.05, 3.63) is 53.0 Å². The number of aliphatic imine (C=N–C) groups is 1. The van der Waals surface area contributed by atoms with E-state index in [1.807, 2.05) is 0 Å². The molecule has 0 bridgehead atoms. The van der Waals surface area contributed by atoms with E-state index in [4.69, 9.17) is 15.2 Å². The molecule has 0 aliphatic carbocycles. The number of carbonyl (C=O) groups is 3. The van der Waals surface area contributed by atoms with Crippen LogP contribution < -0.4 is 11.1 Å². The zero-order valence-corrected chi connectivity index (χ0v) is 19.6. The summed E-state index contributed by atoms with van der Waals surface area (Å²) in [5, 5.41) is 2.66. The predicted octanol–water partition coefficient (Wildman–Crippen LogP) is 3.04. The lowest BCUT2D eigenvalue weighted by atomic mass is 10.1. The van der Waals surface area contributed by atoms with Crippen LogP contribution in [0.1, 0.15) is 48.5 Å². The van der Waals surface area contributed by atoms with Crippen LogP contribution in [-0.2, 0) is 14.3 Å². The Labute approximate surface area is 200 Å². The van der Waals surface area contributed by atoms with Crippen LogP contribution in [0.25, 0.3) is 11.4 Å². The van der Waals surface area contributed by atoms with Gasteiger partial charge >= 0.3 is 11.9 Å². The predicted molar refractivity (Wildman–Crippen MR) is 124 cm³/mol. The maximum absolute atomic E-state index is 14.4. The second-order valence-electron chi connectivity index (χ2n) is 7.89. The van der Waals surface area contributed by atoms with Gasteiger partial charge < -0.3 is 20.5 Å². The molecule has 0 atom stereocenters. The Morgan fingerprint density at radius 1 is 1.20 bits per heavy atom. The summed E-state index contributed by atoms with van der Waals surface area (Å²) in [5.41, 5.74) is 3.49. The average molecular weight is 489 g/mol. The van der Waals surface area contributed by atoms with Gasteiger partial charge in [0.25, 0.3) is 0 Å². The molecule has 0 saturated carbocycles. The van der Waals surface area contributed by atoms with Crippen molar-refractivity contribution in [2.75, 3.05) is 18.5 Å². The highest BCUT2D eigenvalue weighted by molar-refractivity contribution is 6.03. The van der Waals surface area contributed by atoms with Crippen molar-refractivity contribution < 1.29 is 32.6 Å². The molecule has 0 unspecified atom stereocenters. The molecule has 0 radical (unpaired) electrons. The normalized spacial score (nSPS) is 11.9. The van der Waals surface area contributed by atoms with Crippen LogP contribution in [0.3, 0.4) is 0 Å². The summed E-state index contributed by atoms with van der Waals surface area (Å²) in [4.78, 5) is 47.9. The molecule has 12 heteroatoms. The Hall–Kier alpha value is -4.22. The lowest BCUT2D eigenvalue weighted by Crippen LogP contribution is -2.25. The van der Waals surface area contributed by atoms with Crippen molar-refractivity contribution in [1.29, 1.82) is 0 Å². The molecule has 0 fully saturated rings. The number of aromatic nitrogens is 2. The number of nitrogens with zero attached hydrogens (tertiary/aromatic N) is 3. The van der Waals surface area contributed by atoms with Gasteiger partial charge in [-0.15, -0.1) is 0 Å². The van der Waals surface area contributed by atoms with Crippen molar-refractivity contribution in [1.82, 2.24) is 9.97 Å². The summed E-state index contributed by atoms with van der Waals surface area (Å²) in [7, 11) is 0. The van der Waals surface area contributed by atoms with Gasteiger partial charge in [0, 0.05) is 12.4 Å². The molecule has 0 aliphatic rings. The van der Waals surface area contributed by atoms with Crippen molar-refractivity contribution in [3.63, 3.8) is 0 Å². The first-order chi connectivity index (χ1) is 16.5. The van der Waals surface area contributed by atoms with Crippen molar-refractivity contribution in [3.8, 4) is 11.4 Å². The number of rotatable bonds is 9. The van der Waals surface area contributed by atoms with Gasteiger partial charge in [-0.25, -0.2) is 23.5 Å². The molecule has 1 aromatic heterocycles. The molecular weight excluding hydrogens is 464 g/mol. The zero-order chi connectivity index (χ0) is 26.2. The molecule has 10 nitrogen and oxygen atoms in total. The summed E-state index contributed by atoms with van der Waals surface area (Å²) >= 11 is 0. The molecule has 2 aromatic rings. The molecule has 0 amide bonds. The van der Waals surface area contributed by atoms with E-state index in [-0.39, 0.29) is 36.5 Å². The van der Waals surface area contributed by atoms with Gasteiger partial charge in [-0.05, 0) is 39.8 Å². The summed E-state index contributed by atoms with van der Waals surface area (Å²) in [6, 6.07) is 3.13. The highest BCUT2D eigenvalue weighted by Crippen LogP contribution is 2.27.